The molecule has 0 aromatic rings. The van der Waals surface area contributed by atoms with Crippen molar-refractivity contribution in [1.82, 2.24) is 0 Å². The van der Waals surface area contributed by atoms with Gasteiger partial charge in [-0.15, -0.1) is 0 Å². The molecule has 0 nitrogen and oxygen atoms in total. The summed E-state index contributed by atoms with van der Waals surface area (Å²) in [5.41, 5.74) is 0. The molecule has 170 valence electrons. The van der Waals surface area contributed by atoms with Gasteiger partial charge in [-0.3, -0.25) is 0 Å². The molecule has 0 amide bonds. The maximum atomic E-state index is 2.37. The number of rotatable bonds is 22. The zero-order valence-corrected chi connectivity index (χ0v) is 20.9. The SMILES string of the molecule is CCCCC(CCC)CCCC(CCCC)CCCC(CCCC)CCCC. The molecule has 0 aromatic carbocycles. The van der Waals surface area contributed by atoms with Gasteiger partial charge in [0.2, 0.25) is 0 Å². The molecule has 0 bridgehead atoms. The van der Waals surface area contributed by atoms with E-state index in [1.165, 1.54) is 128 Å². The van der Waals surface area contributed by atoms with Gasteiger partial charge in [0.15, 0.2) is 0 Å². The molecule has 0 fully saturated rings. The van der Waals surface area contributed by atoms with Gasteiger partial charge in [-0.25, -0.2) is 0 Å². The van der Waals surface area contributed by atoms with E-state index in [9.17, 15) is 0 Å². The fourth-order valence-corrected chi connectivity index (χ4v) is 5.07. The summed E-state index contributed by atoms with van der Waals surface area (Å²) in [5.74, 6) is 3.06. The van der Waals surface area contributed by atoms with Gasteiger partial charge >= 0.3 is 0 Å². The highest BCUT2D eigenvalue weighted by atomic mass is 14.2. The smallest absolute Gasteiger partial charge is 0.0414 e. The van der Waals surface area contributed by atoms with E-state index in [0.717, 1.165) is 17.8 Å². The summed E-state index contributed by atoms with van der Waals surface area (Å²) < 4.78 is 0. The van der Waals surface area contributed by atoms with Crippen LogP contribution in [0.2, 0.25) is 0 Å². The first-order valence-corrected chi connectivity index (χ1v) is 13.7. The minimum Gasteiger partial charge on any atom is -0.0654 e. The van der Waals surface area contributed by atoms with Gasteiger partial charge in [-0.2, -0.15) is 0 Å². The standard InChI is InChI=1S/C28H58/c1-6-11-18-26(17-10-5)22-15-24-28(21-14-9-4)25-16-23-27(19-12-7-2)20-13-8-3/h26-28H,6-25H2,1-5H3. The van der Waals surface area contributed by atoms with E-state index in [4.69, 9.17) is 0 Å². The van der Waals surface area contributed by atoms with Crippen molar-refractivity contribution in [1.29, 1.82) is 0 Å². The van der Waals surface area contributed by atoms with Gasteiger partial charge in [0.1, 0.15) is 0 Å². The predicted molar refractivity (Wildman–Crippen MR) is 131 cm³/mol. The van der Waals surface area contributed by atoms with Crippen LogP contribution in [0.4, 0.5) is 0 Å². The molecule has 0 aromatic heterocycles. The molecular formula is C28H58. The topological polar surface area (TPSA) is 0 Å². The van der Waals surface area contributed by atoms with Crippen LogP contribution in [0.25, 0.3) is 0 Å². The molecular weight excluding hydrogens is 336 g/mol. The third-order valence-electron chi connectivity index (χ3n) is 7.01. The van der Waals surface area contributed by atoms with Crippen LogP contribution in [0.5, 0.6) is 0 Å². The fourth-order valence-electron chi connectivity index (χ4n) is 5.07. The molecule has 28 heavy (non-hydrogen) atoms. The van der Waals surface area contributed by atoms with Crippen molar-refractivity contribution < 1.29 is 0 Å². The highest BCUT2D eigenvalue weighted by Crippen LogP contribution is 2.29. The minimum absolute atomic E-state index is 1.02. The van der Waals surface area contributed by atoms with Crippen LogP contribution in [-0.2, 0) is 0 Å². The van der Waals surface area contributed by atoms with Crippen molar-refractivity contribution in [2.75, 3.05) is 0 Å². The van der Waals surface area contributed by atoms with E-state index < -0.39 is 0 Å². The molecule has 2 atom stereocenters. The Labute approximate surface area is 181 Å². The van der Waals surface area contributed by atoms with Crippen molar-refractivity contribution in [3.8, 4) is 0 Å². The summed E-state index contributed by atoms with van der Waals surface area (Å²) in [4.78, 5) is 0. The highest BCUT2D eigenvalue weighted by molar-refractivity contribution is 4.67. The number of unbranched alkanes of at least 4 members (excludes halogenated alkanes) is 4. The Hall–Kier alpha value is 0. The van der Waals surface area contributed by atoms with E-state index in [2.05, 4.69) is 34.6 Å². The highest BCUT2D eigenvalue weighted by Gasteiger charge is 2.14. The minimum atomic E-state index is 1.02. The molecule has 0 spiro atoms. The largest absolute Gasteiger partial charge is 0.0654 e. The Bertz CT molecular complexity index is 274. The van der Waals surface area contributed by atoms with Gasteiger partial charge in [-0.05, 0) is 17.8 Å². The van der Waals surface area contributed by atoms with Gasteiger partial charge in [-0.1, -0.05) is 163 Å². The van der Waals surface area contributed by atoms with Crippen molar-refractivity contribution >= 4 is 0 Å². The van der Waals surface area contributed by atoms with Gasteiger partial charge in [0, 0.05) is 0 Å². The molecule has 2 unspecified atom stereocenters. The predicted octanol–water partition coefficient (Wildman–Crippen LogP) is 10.7. The molecule has 0 rings (SSSR count). The first kappa shape index (κ1) is 28.0. The Kier molecular flexibility index (Phi) is 21.7. The number of hydrogen-bond acceptors (Lipinski definition) is 0. The molecule has 0 heterocycles. The zero-order valence-electron chi connectivity index (χ0n) is 20.9. The molecule has 0 saturated carbocycles. The first-order chi connectivity index (χ1) is 13.7. The lowest BCUT2D eigenvalue weighted by Gasteiger charge is -2.21. The fraction of sp³-hybridized carbons (Fsp3) is 1.00. The monoisotopic (exact) mass is 394 g/mol. The van der Waals surface area contributed by atoms with Crippen molar-refractivity contribution in [2.24, 2.45) is 17.8 Å². The summed E-state index contributed by atoms with van der Waals surface area (Å²) in [6.07, 6.45) is 29.2. The average molecular weight is 395 g/mol. The van der Waals surface area contributed by atoms with Gasteiger partial charge in [0.05, 0.1) is 0 Å². The molecule has 0 aliphatic carbocycles. The third kappa shape index (κ3) is 16.9. The Morgan fingerprint density at radius 2 is 0.536 bits per heavy atom. The summed E-state index contributed by atoms with van der Waals surface area (Å²) in [6, 6.07) is 0. The molecule has 0 saturated heterocycles. The second-order valence-corrected chi connectivity index (χ2v) is 9.82. The van der Waals surface area contributed by atoms with Crippen LogP contribution in [0.1, 0.15) is 163 Å². The van der Waals surface area contributed by atoms with E-state index in [0.29, 0.717) is 0 Å². The summed E-state index contributed by atoms with van der Waals surface area (Å²) in [7, 11) is 0. The maximum absolute atomic E-state index is 2.37. The number of hydrogen-bond donors (Lipinski definition) is 0. The Morgan fingerprint density at radius 3 is 0.786 bits per heavy atom. The second-order valence-electron chi connectivity index (χ2n) is 9.82. The third-order valence-corrected chi connectivity index (χ3v) is 7.01. The Balaban J connectivity index is 4.28. The summed E-state index contributed by atoms with van der Waals surface area (Å²) in [5, 5.41) is 0. The van der Waals surface area contributed by atoms with Crippen molar-refractivity contribution in [3.05, 3.63) is 0 Å². The van der Waals surface area contributed by atoms with Gasteiger partial charge < -0.3 is 0 Å². The Morgan fingerprint density at radius 1 is 0.286 bits per heavy atom. The van der Waals surface area contributed by atoms with Crippen molar-refractivity contribution in [2.45, 2.75) is 163 Å². The van der Waals surface area contributed by atoms with Crippen LogP contribution < -0.4 is 0 Å². The zero-order chi connectivity index (χ0) is 20.9. The molecule has 0 radical (unpaired) electrons. The lowest BCUT2D eigenvalue weighted by Crippen LogP contribution is -2.07. The second kappa shape index (κ2) is 21.7. The summed E-state index contributed by atoms with van der Waals surface area (Å²) in [6.45, 7) is 11.8. The van der Waals surface area contributed by atoms with E-state index >= 15 is 0 Å². The molecule has 0 heteroatoms. The van der Waals surface area contributed by atoms with Crippen LogP contribution in [0.3, 0.4) is 0 Å². The summed E-state index contributed by atoms with van der Waals surface area (Å²) >= 11 is 0. The average Bonchev–Trinajstić information content (AvgIpc) is 2.71. The van der Waals surface area contributed by atoms with E-state index in [1.54, 1.807) is 0 Å². The van der Waals surface area contributed by atoms with E-state index in [1.807, 2.05) is 0 Å². The maximum Gasteiger partial charge on any atom is -0.0414 e. The van der Waals surface area contributed by atoms with Crippen LogP contribution in [0.15, 0.2) is 0 Å². The van der Waals surface area contributed by atoms with Crippen molar-refractivity contribution in [3.63, 3.8) is 0 Å². The molecule has 0 aliphatic heterocycles. The first-order valence-electron chi connectivity index (χ1n) is 13.7. The van der Waals surface area contributed by atoms with E-state index in [-0.39, 0.29) is 0 Å². The normalized spacial score (nSPS) is 13.9. The van der Waals surface area contributed by atoms with Crippen LogP contribution >= 0.6 is 0 Å². The van der Waals surface area contributed by atoms with Crippen LogP contribution in [0, 0.1) is 17.8 Å². The quantitative estimate of drug-likeness (QED) is 0.171. The van der Waals surface area contributed by atoms with Gasteiger partial charge in [0.25, 0.3) is 0 Å². The lowest BCUT2D eigenvalue weighted by molar-refractivity contribution is 0.317. The molecule has 0 aliphatic rings. The molecule has 0 N–H and O–H groups in total. The lowest BCUT2D eigenvalue weighted by atomic mass is 9.85. The van der Waals surface area contributed by atoms with Crippen LogP contribution in [-0.4, -0.2) is 0 Å².